The standard InChI is InChI=1S/C49H31N3O/c1-3-10-32(11-4-1)34-18-24-37(25-19-34)47-50-48(38-26-20-35(21-27-38)33-12-5-2-6-13-33)52-49(51-47)39-28-22-36(23-29-39)42-16-9-17-44-46(42)43-30-40-14-7-8-15-41(40)31-45(43)53-44/h1-31H/i22D,23D,28D,29D. The van der Waals surface area contributed by atoms with E-state index < -0.39 is 0 Å². The lowest BCUT2D eigenvalue weighted by atomic mass is 9.97. The number of fused-ring (bicyclic) bond motifs is 4. The van der Waals surface area contributed by atoms with Crippen molar-refractivity contribution in [1.82, 2.24) is 15.0 Å². The molecule has 0 saturated carbocycles. The first-order chi connectivity index (χ1) is 27.9. The molecule has 0 atom stereocenters. The minimum atomic E-state index is -0.247. The van der Waals surface area contributed by atoms with Gasteiger partial charge in [-0.3, -0.25) is 0 Å². The van der Waals surface area contributed by atoms with E-state index >= 15 is 0 Å². The van der Waals surface area contributed by atoms with Gasteiger partial charge in [-0.15, -0.1) is 0 Å². The lowest BCUT2D eigenvalue weighted by Crippen LogP contribution is -2.00. The first-order valence-corrected chi connectivity index (χ1v) is 17.4. The van der Waals surface area contributed by atoms with Gasteiger partial charge in [0, 0.05) is 27.5 Å². The van der Waals surface area contributed by atoms with Crippen LogP contribution < -0.4 is 0 Å². The minimum absolute atomic E-state index is 0.00400. The van der Waals surface area contributed by atoms with Gasteiger partial charge in [-0.1, -0.05) is 170 Å². The zero-order chi connectivity index (χ0) is 38.6. The third kappa shape index (κ3) is 5.73. The molecule has 0 spiro atoms. The molecule has 0 aliphatic rings. The van der Waals surface area contributed by atoms with Crippen LogP contribution in [0.15, 0.2) is 192 Å². The fourth-order valence-corrected chi connectivity index (χ4v) is 6.91. The van der Waals surface area contributed by atoms with Gasteiger partial charge in [0.15, 0.2) is 17.5 Å². The van der Waals surface area contributed by atoms with Crippen LogP contribution in [0.2, 0.25) is 0 Å². The number of nitrogens with zero attached hydrogens (tertiary/aromatic N) is 3. The first-order valence-electron chi connectivity index (χ1n) is 19.4. The van der Waals surface area contributed by atoms with Crippen LogP contribution in [0.1, 0.15) is 5.48 Å². The molecule has 0 N–H and O–H groups in total. The molecule has 0 fully saturated rings. The maximum absolute atomic E-state index is 9.38. The molecule has 53 heavy (non-hydrogen) atoms. The van der Waals surface area contributed by atoms with E-state index in [9.17, 15) is 5.48 Å². The summed E-state index contributed by atoms with van der Waals surface area (Å²) in [6.45, 7) is 0. The number of hydrogen-bond acceptors (Lipinski definition) is 4. The van der Waals surface area contributed by atoms with E-state index in [0.29, 0.717) is 28.4 Å². The van der Waals surface area contributed by atoms with Gasteiger partial charge in [-0.05, 0) is 62.4 Å². The summed E-state index contributed by atoms with van der Waals surface area (Å²) >= 11 is 0. The van der Waals surface area contributed by atoms with Crippen LogP contribution >= 0.6 is 0 Å². The summed E-state index contributed by atoms with van der Waals surface area (Å²) in [5.74, 6) is 0.755. The van der Waals surface area contributed by atoms with E-state index in [-0.39, 0.29) is 41.1 Å². The molecular formula is C49H31N3O. The molecule has 8 aromatic carbocycles. The quantitative estimate of drug-likeness (QED) is 0.175. The third-order valence-corrected chi connectivity index (χ3v) is 9.62. The highest BCUT2D eigenvalue weighted by molar-refractivity contribution is 6.15. The first kappa shape index (κ1) is 26.6. The van der Waals surface area contributed by atoms with Crippen molar-refractivity contribution >= 4 is 32.7 Å². The van der Waals surface area contributed by atoms with E-state index in [1.165, 1.54) is 0 Å². The average Bonchev–Trinajstić information content (AvgIpc) is 3.63. The minimum Gasteiger partial charge on any atom is -0.456 e. The van der Waals surface area contributed by atoms with Gasteiger partial charge in [0.1, 0.15) is 11.2 Å². The van der Waals surface area contributed by atoms with Gasteiger partial charge < -0.3 is 4.42 Å². The zero-order valence-corrected chi connectivity index (χ0v) is 28.3. The number of hydrogen-bond donors (Lipinski definition) is 0. The third-order valence-electron chi connectivity index (χ3n) is 9.62. The van der Waals surface area contributed by atoms with Gasteiger partial charge >= 0.3 is 0 Å². The van der Waals surface area contributed by atoms with Crippen molar-refractivity contribution in [3.05, 3.63) is 188 Å². The summed E-state index contributed by atoms with van der Waals surface area (Å²) in [4.78, 5) is 14.6. The molecule has 0 saturated heterocycles. The molecular weight excluding hydrogens is 647 g/mol. The molecule has 10 rings (SSSR count). The van der Waals surface area contributed by atoms with Crippen molar-refractivity contribution in [2.75, 3.05) is 0 Å². The van der Waals surface area contributed by atoms with Crippen LogP contribution in [0.3, 0.4) is 0 Å². The summed E-state index contributed by atoms with van der Waals surface area (Å²) in [5, 5.41) is 3.64. The molecule has 0 aliphatic heterocycles. The topological polar surface area (TPSA) is 51.8 Å². The Balaban J connectivity index is 1.14. The Bertz CT molecular complexity index is 3020. The van der Waals surface area contributed by atoms with Crippen molar-refractivity contribution in [2.45, 2.75) is 0 Å². The van der Waals surface area contributed by atoms with Crippen molar-refractivity contribution in [3.63, 3.8) is 0 Å². The Kier molecular flexibility index (Phi) is 6.46. The Morgan fingerprint density at radius 1 is 0.358 bits per heavy atom. The largest absolute Gasteiger partial charge is 0.456 e. The molecule has 4 heteroatoms. The molecule has 0 radical (unpaired) electrons. The average molecular weight is 682 g/mol. The summed E-state index contributed by atoms with van der Waals surface area (Å²) in [6, 6.07) is 52.7. The van der Waals surface area contributed by atoms with Crippen LogP contribution in [0.5, 0.6) is 0 Å². The second-order valence-electron chi connectivity index (χ2n) is 12.9. The van der Waals surface area contributed by atoms with Crippen molar-refractivity contribution in [3.8, 4) is 67.5 Å². The number of rotatable bonds is 6. The van der Waals surface area contributed by atoms with Crippen LogP contribution in [0.25, 0.3) is 100 Å². The van der Waals surface area contributed by atoms with Crippen LogP contribution in [-0.2, 0) is 0 Å². The van der Waals surface area contributed by atoms with Crippen LogP contribution in [0, 0.1) is 0 Å². The Morgan fingerprint density at radius 2 is 0.811 bits per heavy atom. The second kappa shape index (κ2) is 12.9. The lowest BCUT2D eigenvalue weighted by molar-refractivity contribution is 0.669. The van der Waals surface area contributed by atoms with Crippen molar-refractivity contribution in [1.29, 1.82) is 0 Å². The molecule has 248 valence electrons. The van der Waals surface area contributed by atoms with E-state index in [4.69, 9.17) is 19.4 Å². The maximum atomic E-state index is 9.38. The fourth-order valence-electron chi connectivity index (χ4n) is 6.91. The monoisotopic (exact) mass is 681 g/mol. The second-order valence-corrected chi connectivity index (χ2v) is 12.9. The number of benzene rings is 8. The van der Waals surface area contributed by atoms with E-state index in [2.05, 4.69) is 30.3 Å². The maximum Gasteiger partial charge on any atom is 0.164 e. The van der Waals surface area contributed by atoms with E-state index in [0.717, 1.165) is 54.9 Å². The highest BCUT2D eigenvalue weighted by Gasteiger charge is 2.16. The highest BCUT2D eigenvalue weighted by atomic mass is 16.3. The Hall–Kier alpha value is -7.17. The fraction of sp³-hybridized carbons (Fsp3) is 0. The number of furan rings is 1. The highest BCUT2D eigenvalue weighted by Crippen LogP contribution is 2.39. The van der Waals surface area contributed by atoms with Crippen LogP contribution in [-0.4, -0.2) is 15.0 Å². The molecule has 2 heterocycles. The number of aromatic nitrogens is 3. The molecule has 10 aromatic rings. The van der Waals surface area contributed by atoms with Gasteiger partial charge in [-0.25, -0.2) is 15.0 Å². The summed E-state index contributed by atoms with van der Waals surface area (Å²) in [6.07, 6.45) is 0. The molecule has 0 unspecified atom stereocenters. The van der Waals surface area contributed by atoms with Gasteiger partial charge in [0.05, 0.1) is 5.48 Å². The van der Waals surface area contributed by atoms with Crippen molar-refractivity contribution in [2.24, 2.45) is 0 Å². The Labute approximate surface area is 312 Å². The SMILES string of the molecule is [2H]c1c([2H])c(-c2cccc3oc4cc5ccccc5cc4c23)c([2H])c([2H])c1-c1nc(-c2ccc(-c3ccccc3)cc2)nc(-c2ccc(-c3ccccc3)cc2)n1. The summed E-state index contributed by atoms with van der Waals surface area (Å²) < 4.78 is 43.8. The molecule has 2 aromatic heterocycles. The lowest BCUT2D eigenvalue weighted by Gasteiger charge is -2.10. The molecule has 0 amide bonds. The Morgan fingerprint density at radius 3 is 1.38 bits per heavy atom. The molecule has 0 bridgehead atoms. The predicted octanol–water partition coefficient (Wildman–Crippen LogP) is 12.9. The molecule has 0 aliphatic carbocycles. The van der Waals surface area contributed by atoms with E-state index in [1.54, 1.807) is 0 Å². The normalized spacial score (nSPS) is 12.5. The zero-order valence-electron chi connectivity index (χ0n) is 32.3. The summed E-state index contributed by atoms with van der Waals surface area (Å²) in [7, 11) is 0. The van der Waals surface area contributed by atoms with E-state index in [1.807, 2.05) is 133 Å². The predicted molar refractivity (Wildman–Crippen MR) is 217 cm³/mol. The molecule has 4 nitrogen and oxygen atoms in total. The smallest absolute Gasteiger partial charge is 0.164 e. The van der Waals surface area contributed by atoms with Gasteiger partial charge in [0.25, 0.3) is 0 Å². The van der Waals surface area contributed by atoms with Crippen molar-refractivity contribution < 1.29 is 9.90 Å². The van der Waals surface area contributed by atoms with Gasteiger partial charge in [-0.2, -0.15) is 0 Å². The van der Waals surface area contributed by atoms with Crippen LogP contribution in [0.4, 0.5) is 0 Å². The summed E-state index contributed by atoms with van der Waals surface area (Å²) in [5.41, 5.74) is 7.68. The van der Waals surface area contributed by atoms with Gasteiger partial charge in [0.2, 0.25) is 0 Å².